The number of nitrogens with one attached hydrogen (secondary N) is 2. The molecule has 1 aromatic heterocycles. The molecular weight excluding hydrogens is 278 g/mol. The summed E-state index contributed by atoms with van der Waals surface area (Å²) in [4.78, 5) is 1.14. The second-order valence-electron chi connectivity index (χ2n) is 3.95. The highest BCUT2D eigenvalue weighted by Crippen LogP contribution is 2.34. The minimum atomic E-state index is 0.554. The third-order valence-electron chi connectivity index (χ3n) is 2.77. The molecule has 0 unspecified atom stereocenters. The van der Waals surface area contributed by atoms with Crippen LogP contribution in [0, 0.1) is 0 Å². The molecular formula is C12H17N5O2S. The largest absolute Gasteiger partial charge is 0.493 e. The fourth-order valence-corrected chi connectivity index (χ4v) is 2.42. The molecule has 2 N–H and O–H groups in total. The van der Waals surface area contributed by atoms with E-state index in [9.17, 15) is 0 Å². The van der Waals surface area contributed by atoms with Crippen molar-refractivity contribution in [1.82, 2.24) is 25.9 Å². The van der Waals surface area contributed by atoms with Crippen LogP contribution in [0.3, 0.4) is 0 Å². The number of hydrogen-bond acceptors (Lipinski definition) is 7. The highest BCUT2D eigenvalue weighted by Gasteiger charge is 2.10. The highest BCUT2D eigenvalue weighted by atomic mass is 32.2. The van der Waals surface area contributed by atoms with Crippen LogP contribution in [0.1, 0.15) is 11.4 Å². The quantitative estimate of drug-likeness (QED) is 0.743. The van der Waals surface area contributed by atoms with Crippen molar-refractivity contribution in [1.29, 1.82) is 0 Å². The number of nitrogens with zero attached hydrogens (tertiary/aromatic N) is 3. The van der Waals surface area contributed by atoms with Crippen LogP contribution in [0.2, 0.25) is 0 Å². The van der Waals surface area contributed by atoms with Gasteiger partial charge in [-0.1, -0.05) is 5.21 Å². The van der Waals surface area contributed by atoms with Gasteiger partial charge in [0.25, 0.3) is 0 Å². The topological polar surface area (TPSA) is 85.0 Å². The molecule has 0 radical (unpaired) electrons. The monoisotopic (exact) mass is 295 g/mol. The van der Waals surface area contributed by atoms with Gasteiger partial charge in [-0.2, -0.15) is 5.21 Å². The Labute approximate surface area is 121 Å². The van der Waals surface area contributed by atoms with Crippen molar-refractivity contribution in [2.75, 3.05) is 20.5 Å². The highest BCUT2D eigenvalue weighted by molar-refractivity contribution is 7.98. The predicted octanol–water partition coefficient (Wildman–Crippen LogP) is 1.23. The van der Waals surface area contributed by atoms with Crippen LogP contribution >= 0.6 is 11.8 Å². The molecule has 7 nitrogen and oxygen atoms in total. The van der Waals surface area contributed by atoms with Crippen LogP contribution in [0.15, 0.2) is 17.0 Å². The van der Waals surface area contributed by atoms with E-state index in [1.807, 2.05) is 18.4 Å². The average molecular weight is 295 g/mol. The van der Waals surface area contributed by atoms with E-state index in [0.29, 0.717) is 18.9 Å². The van der Waals surface area contributed by atoms with Crippen molar-refractivity contribution in [2.24, 2.45) is 0 Å². The third kappa shape index (κ3) is 3.40. The van der Waals surface area contributed by atoms with Crippen LogP contribution in [0.5, 0.6) is 11.5 Å². The summed E-state index contributed by atoms with van der Waals surface area (Å²) in [6, 6.07) is 3.96. The van der Waals surface area contributed by atoms with Crippen molar-refractivity contribution in [2.45, 2.75) is 18.0 Å². The Hall–Kier alpha value is -1.80. The van der Waals surface area contributed by atoms with Gasteiger partial charge in [0, 0.05) is 11.4 Å². The van der Waals surface area contributed by atoms with Gasteiger partial charge in [-0.15, -0.1) is 22.0 Å². The van der Waals surface area contributed by atoms with E-state index in [0.717, 1.165) is 22.0 Å². The van der Waals surface area contributed by atoms with E-state index < -0.39 is 0 Å². The number of hydrogen-bond donors (Lipinski definition) is 2. The van der Waals surface area contributed by atoms with Gasteiger partial charge in [0.1, 0.15) is 0 Å². The molecule has 108 valence electrons. The first kappa shape index (κ1) is 14.6. The molecule has 0 saturated carbocycles. The summed E-state index contributed by atoms with van der Waals surface area (Å²) in [6.07, 6.45) is 2.03. The van der Waals surface area contributed by atoms with Gasteiger partial charge in [-0.3, -0.25) is 0 Å². The molecule has 0 bridgehead atoms. The van der Waals surface area contributed by atoms with Crippen molar-refractivity contribution >= 4 is 11.8 Å². The lowest BCUT2D eigenvalue weighted by Crippen LogP contribution is -2.14. The molecule has 2 rings (SSSR count). The number of thioether (sulfide) groups is 1. The molecule has 0 amide bonds. The third-order valence-corrected chi connectivity index (χ3v) is 3.59. The minimum absolute atomic E-state index is 0.554. The average Bonchev–Trinajstić information content (AvgIpc) is 2.99. The number of aromatic amines is 1. The zero-order chi connectivity index (χ0) is 14.4. The summed E-state index contributed by atoms with van der Waals surface area (Å²) in [6.45, 7) is 1.24. The van der Waals surface area contributed by atoms with E-state index in [-0.39, 0.29) is 0 Å². The first-order valence-corrected chi connectivity index (χ1v) is 7.23. The minimum Gasteiger partial charge on any atom is -0.493 e. The zero-order valence-corrected chi connectivity index (χ0v) is 12.5. The fraction of sp³-hybridized carbons (Fsp3) is 0.417. The smallest absolute Gasteiger partial charge is 0.188 e. The SMILES string of the molecule is COc1cc(CNCc2nn[nH]n2)c(SC)cc1OC. The Morgan fingerprint density at radius 3 is 2.55 bits per heavy atom. The van der Waals surface area contributed by atoms with Crippen LogP contribution < -0.4 is 14.8 Å². The Bertz CT molecular complexity index is 547. The lowest BCUT2D eigenvalue weighted by molar-refractivity contribution is 0.353. The molecule has 2 aromatic rings. The summed E-state index contributed by atoms with van der Waals surface area (Å²) >= 11 is 1.67. The molecule has 0 spiro atoms. The van der Waals surface area contributed by atoms with Crippen molar-refractivity contribution in [3.63, 3.8) is 0 Å². The molecule has 0 atom stereocenters. The van der Waals surface area contributed by atoms with Crippen LogP contribution in [-0.2, 0) is 13.1 Å². The zero-order valence-electron chi connectivity index (χ0n) is 11.6. The van der Waals surface area contributed by atoms with Gasteiger partial charge in [-0.05, 0) is 24.0 Å². The lowest BCUT2D eigenvalue weighted by Gasteiger charge is -2.13. The molecule has 0 aliphatic carbocycles. The number of H-pyrrole nitrogens is 1. The molecule has 0 aliphatic heterocycles. The summed E-state index contributed by atoms with van der Waals surface area (Å²) in [5.41, 5.74) is 1.14. The Kier molecular flexibility index (Phi) is 5.19. The summed E-state index contributed by atoms with van der Waals surface area (Å²) < 4.78 is 10.6. The number of ether oxygens (including phenoxy) is 2. The standard InChI is InChI=1S/C12H17N5O2S/c1-18-9-4-8(11(20-3)5-10(9)19-2)6-13-7-12-14-16-17-15-12/h4-5,13H,6-7H2,1-3H3,(H,14,15,16,17). The first-order valence-electron chi connectivity index (χ1n) is 6.00. The van der Waals surface area contributed by atoms with E-state index in [2.05, 4.69) is 25.9 Å². The van der Waals surface area contributed by atoms with Gasteiger partial charge in [0.2, 0.25) is 0 Å². The summed E-state index contributed by atoms with van der Waals surface area (Å²) in [7, 11) is 3.27. The number of benzene rings is 1. The van der Waals surface area contributed by atoms with Crippen LogP contribution in [0.25, 0.3) is 0 Å². The van der Waals surface area contributed by atoms with E-state index in [1.54, 1.807) is 26.0 Å². The molecule has 8 heteroatoms. The maximum absolute atomic E-state index is 5.33. The van der Waals surface area contributed by atoms with E-state index >= 15 is 0 Å². The summed E-state index contributed by atoms with van der Waals surface area (Å²) in [5.74, 6) is 2.09. The van der Waals surface area contributed by atoms with Crippen molar-refractivity contribution in [3.8, 4) is 11.5 Å². The number of rotatable bonds is 7. The fourth-order valence-electron chi connectivity index (χ4n) is 1.80. The first-order chi connectivity index (χ1) is 9.78. The van der Waals surface area contributed by atoms with Gasteiger partial charge in [0.15, 0.2) is 17.3 Å². The Morgan fingerprint density at radius 1 is 1.20 bits per heavy atom. The number of methoxy groups -OCH3 is 2. The predicted molar refractivity (Wildman–Crippen MR) is 76.0 cm³/mol. The van der Waals surface area contributed by atoms with Crippen molar-refractivity contribution < 1.29 is 9.47 Å². The van der Waals surface area contributed by atoms with E-state index in [1.165, 1.54) is 0 Å². The second-order valence-corrected chi connectivity index (χ2v) is 4.80. The molecule has 0 aliphatic rings. The van der Waals surface area contributed by atoms with Crippen LogP contribution in [-0.4, -0.2) is 41.1 Å². The number of tetrazole rings is 1. The second kappa shape index (κ2) is 7.11. The summed E-state index contributed by atoms with van der Waals surface area (Å²) in [5, 5.41) is 17.0. The Balaban J connectivity index is 2.09. The maximum Gasteiger partial charge on any atom is 0.188 e. The van der Waals surface area contributed by atoms with Gasteiger partial charge in [-0.25, -0.2) is 0 Å². The molecule has 0 saturated heterocycles. The molecule has 0 fully saturated rings. The van der Waals surface area contributed by atoms with Gasteiger partial charge >= 0.3 is 0 Å². The normalized spacial score (nSPS) is 10.6. The maximum atomic E-state index is 5.33. The Morgan fingerprint density at radius 2 is 1.95 bits per heavy atom. The van der Waals surface area contributed by atoms with Gasteiger partial charge in [0.05, 0.1) is 20.8 Å². The lowest BCUT2D eigenvalue weighted by atomic mass is 10.2. The molecule has 1 heterocycles. The number of aromatic nitrogens is 4. The molecule has 1 aromatic carbocycles. The van der Waals surface area contributed by atoms with E-state index in [4.69, 9.17) is 9.47 Å². The van der Waals surface area contributed by atoms with Crippen LogP contribution in [0.4, 0.5) is 0 Å². The van der Waals surface area contributed by atoms with Crippen molar-refractivity contribution in [3.05, 3.63) is 23.5 Å². The molecule has 20 heavy (non-hydrogen) atoms. The van der Waals surface area contributed by atoms with Gasteiger partial charge < -0.3 is 14.8 Å².